The minimum absolute atomic E-state index is 0.00741. The lowest BCUT2D eigenvalue weighted by atomic mass is 10.1. The Bertz CT molecular complexity index is 1880. The number of thiophene rings is 1. The van der Waals surface area contributed by atoms with Crippen LogP contribution in [0.5, 0.6) is 0 Å². The summed E-state index contributed by atoms with van der Waals surface area (Å²) in [5.41, 5.74) is 5.54. The van der Waals surface area contributed by atoms with E-state index in [0.717, 1.165) is 54.1 Å². The predicted octanol–water partition coefficient (Wildman–Crippen LogP) is 1.89. The number of carbonyl (C=O) groups is 2. The van der Waals surface area contributed by atoms with Crippen molar-refractivity contribution >= 4 is 50.7 Å². The van der Waals surface area contributed by atoms with Crippen molar-refractivity contribution in [3.63, 3.8) is 0 Å². The maximum absolute atomic E-state index is 13.6. The number of piperazine rings is 1. The summed E-state index contributed by atoms with van der Waals surface area (Å²) < 4.78 is 7.81. The van der Waals surface area contributed by atoms with Gasteiger partial charge in [-0.05, 0) is 31.4 Å². The molecule has 4 atom stereocenters. The third kappa shape index (κ3) is 5.08. The standard InChI is InChI=1S/C31H34N10O4S/c1-16-4-24(29(43)35-10-22-5-17-7-33-26(32)6-25(17)46-22)41-27(16)34-11-23(30(41)44)38-28(42)18-8-36-31(37-9-18)39-12-19-2-3-20(13-39)40(19)21-14-45-15-21/h5-9,11,16,19-21,24H,2-4,10,12-15H2,1H3,(H2,32,33)(H,35,43)(H,38,42)/t16-,19?,20?,24+/m1/s1. The topological polar surface area (TPSA) is 173 Å². The largest absolute Gasteiger partial charge is 0.384 e. The van der Waals surface area contributed by atoms with E-state index in [2.05, 4.69) is 40.4 Å². The van der Waals surface area contributed by atoms with Crippen LogP contribution < -0.4 is 26.8 Å². The summed E-state index contributed by atoms with van der Waals surface area (Å²) in [6.07, 6.45) is 8.78. The highest BCUT2D eigenvalue weighted by Crippen LogP contribution is 2.36. The molecule has 0 radical (unpaired) electrons. The van der Waals surface area contributed by atoms with Crippen molar-refractivity contribution in [1.82, 2.24) is 34.7 Å². The normalized spacial score (nSPS) is 24.2. The fourth-order valence-electron chi connectivity index (χ4n) is 7.27. The molecule has 3 saturated heterocycles. The summed E-state index contributed by atoms with van der Waals surface area (Å²) in [5.74, 6) is 0.637. The summed E-state index contributed by atoms with van der Waals surface area (Å²) in [4.78, 5) is 63.4. The van der Waals surface area contributed by atoms with Crippen LogP contribution in [0.15, 0.2) is 41.7 Å². The number of amides is 2. The molecule has 0 spiro atoms. The first-order valence-corrected chi connectivity index (χ1v) is 16.4. The molecule has 3 fully saturated rings. The van der Waals surface area contributed by atoms with E-state index in [0.29, 0.717) is 48.7 Å². The summed E-state index contributed by atoms with van der Waals surface area (Å²) >= 11 is 1.53. The number of carbonyl (C=O) groups excluding carboxylic acids is 2. The number of aromatic nitrogens is 5. The molecule has 4 aliphatic rings. The predicted molar refractivity (Wildman–Crippen MR) is 172 cm³/mol. The Morgan fingerprint density at radius 2 is 1.78 bits per heavy atom. The first-order chi connectivity index (χ1) is 22.3. The summed E-state index contributed by atoms with van der Waals surface area (Å²) in [7, 11) is 0. The van der Waals surface area contributed by atoms with Crippen molar-refractivity contribution in [3.8, 4) is 0 Å². The number of fused-ring (bicyclic) bond motifs is 4. The van der Waals surface area contributed by atoms with Gasteiger partial charge >= 0.3 is 0 Å². The molecule has 0 aliphatic carbocycles. The third-order valence-corrected chi connectivity index (χ3v) is 10.7. The molecule has 4 N–H and O–H groups in total. The van der Waals surface area contributed by atoms with Crippen LogP contribution in [0, 0.1) is 0 Å². The number of rotatable bonds is 7. The number of hydrogen-bond acceptors (Lipinski definition) is 12. The van der Waals surface area contributed by atoms with E-state index in [1.54, 1.807) is 12.3 Å². The molecule has 0 aromatic carbocycles. The smallest absolute Gasteiger partial charge is 0.278 e. The van der Waals surface area contributed by atoms with Crippen LogP contribution in [0.1, 0.15) is 59.2 Å². The highest BCUT2D eigenvalue weighted by atomic mass is 32.1. The van der Waals surface area contributed by atoms with Crippen LogP contribution in [-0.4, -0.2) is 85.6 Å². The molecule has 4 aromatic rings. The maximum Gasteiger partial charge on any atom is 0.278 e. The zero-order valence-corrected chi connectivity index (χ0v) is 26.1. The van der Waals surface area contributed by atoms with Crippen LogP contribution >= 0.6 is 11.3 Å². The van der Waals surface area contributed by atoms with Gasteiger partial charge < -0.3 is 26.0 Å². The van der Waals surface area contributed by atoms with E-state index in [1.807, 2.05) is 13.0 Å². The SMILES string of the molecule is C[C@@H]1C[C@@H](C(=O)NCc2cc3cnc(N)cc3s2)n2c1ncc(NC(=O)c1cnc(N3CC4CCC(C3)N4C3COC3)nc1)c2=O. The van der Waals surface area contributed by atoms with E-state index in [1.165, 1.54) is 34.5 Å². The van der Waals surface area contributed by atoms with Gasteiger partial charge in [-0.25, -0.2) is 19.9 Å². The Hall–Kier alpha value is -4.47. The van der Waals surface area contributed by atoms with Crippen molar-refractivity contribution in [2.24, 2.45) is 0 Å². The quantitative estimate of drug-likeness (QED) is 0.269. The molecule has 2 unspecified atom stereocenters. The minimum atomic E-state index is -0.747. The second kappa shape index (κ2) is 11.4. The molecular weight excluding hydrogens is 608 g/mol. The van der Waals surface area contributed by atoms with E-state index in [-0.39, 0.29) is 23.1 Å². The van der Waals surface area contributed by atoms with Crippen molar-refractivity contribution in [1.29, 1.82) is 0 Å². The molecule has 8 heterocycles. The zero-order valence-electron chi connectivity index (χ0n) is 25.3. The number of nitrogens with one attached hydrogen (secondary N) is 2. The van der Waals surface area contributed by atoms with Crippen LogP contribution in [0.4, 0.5) is 17.5 Å². The van der Waals surface area contributed by atoms with E-state index >= 15 is 0 Å². The lowest BCUT2D eigenvalue weighted by molar-refractivity contribution is -0.124. The fourth-order valence-corrected chi connectivity index (χ4v) is 8.29. The van der Waals surface area contributed by atoms with Gasteiger partial charge in [0.15, 0.2) is 0 Å². The molecule has 4 aliphatic heterocycles. The first-order valence-electron chi connectivity index (χ1n) is 15.6. The second-order valence-corrected chi connectivity index (χ2v) is 13.8. The molecule has 2 amide bonds. The Kier molecular flexibility index (Phi) is 7.18. The van der Waals surface area contributed by atoms with Gasteiger partial charge in [0.05, 0.1) is 37.6 Å². The molecule has 2 bridgehead atoms. The Balaban J connectivity index is 0.936. The van der Waals surface area contributed by atoms with Gasteiger partial charge in [0.1, 0.15) is 23.4 Å². The number of anilines is 3. The van der Waals surface area contributed by atoms with E-state index < -0.39 is 17.5 Å². The van der Waals surface area contributed by atoms with Gasteiger partial charge in [-0.2, -0.15) is 0 Å². The van der Waals surface area contributed by atoms with Gasteiger partial charge in [-0.1, -0.05) is 6.92 Å². The molecule has 238 valence electrons. The van der Waals surface area contributed by atoms with Gasteiger partial charge in [-0.15, -0.1) is 11.3 Å². The fraction of sp³-hybridized carbons (Fsp3) is 0.452. The number of nitrogen functional groups attached to an aromatic ring is 1. The molecule has 14 nitrogen and oxygen atoms in total. The average Bonchev–Trinajstić information content (AvgIpc) is 3.66. The highest BCUT2D eigenvalue weighted by molar-refractivity contribution is 7.19. The van der Waals surface area contributed by atoms with Crippen LogP contribution in [0.25, 0.3) is 10.1 Å². The van der Waals surface area contributed by atoms with Crippen molar-refractivity contribution in [3.05, 3.63) is 63.5 Å². The molecule has 0 saturated carbocycles. The van der Waals surface area contributed by atoms with Crippen molar-refractivity contribution in [2.75, 3.05) is 42.3 Å². The maximum atomic E-state index is 13.6. The Labute approximate surface area is 268 Å². The van der Waals surface area contributed by atoms with Crippen LogP contribution in [0.2, 0.25) is 0 Å². The van der Waals surface area contributed by atoms with Crippen LogP contribution in [0.3, 0.4) is 0 Å². The second-order valence-electron chi connectivity index (χ2n) is 12.6. The molecule has 15 heteroatoms. The lowest BCUT2D eigenvalue weighted by Crippen LogP contribution is -2.62. The number of pyridine rings is 1. The Morgan fingerprint density at radius 1 is 1.02 bits per heavy atom. The van der Waals surface area contributed by atoms with Gasteiger partial charge in [0.2, 0.25) is 11.9 Å². The highest BCUT2D eigenvalue weighted by Gasteiger charge is 2.45. The zero-order chi connectivity index (χ0) is 31.5. The number of hydrogen-bond donors (Lipinski definition) is 3. The lowest BCUT2D eigenvalue weighted by Gasteiger charge is -2.47. The van der Waals surface area contributed by atoms with Crippen molar-refractivity contribution in [2.45, 2.75) is 62.8 Å². The number of nitrogens with two attached hydrogens (primary N) is 1. The van der Waals surface area contributed by atoms with Gasteiger partial charge in [0.25, 0.3) is 11.5 Å². The van der Waals surface area contributed by atoms with E-state index in [4.69, 9.17) is 10.5 Å². The monoisotopic (exact) mass is 642 g/mol. The number of ether oxygens (including phenoxy) is 1. The summed E-state index contributed by atoms with van der Waals surface area (Å²) in [5, 5.41) is 6.58. The molecule has 46 heavy (non-hydrogen) atoms. The average molecular weight is 643 g/mol. The van der Waals surface area contributed by atoms with Gasteiger partial charge in [0, 0.05) is 64.6 Å². The van der Waals surface area contributed by atoms with Gasteiger partial charge in [-0.3, -0.25) is 23.9 Å². The molecule has 4 aromatic heterocycles. The van der Waals surface area contributed by atoms with Crippen molar-refractivity contribution < 1.29 is 14.3 Å². The van der Waals surface area contributed by atoms with E-state index in [9.17, 15) is 14.4 Å². The molecular formula is C31H34N10O4S. The third-order valence-electron chi connectivity index (χ3n) is 9.58. The molecule has 8 rings (SSSR count). The summed E-state index contributed by atoms with van der Waals surface area (Å²) in [6, 6.07) is 4.46. The first kappa shape index (κ1) is 29.0. The Morgan fingerprint density at radius 3 is 2.50 bits per heavy atom. The summed E-state index contributed by atoms with van der Waals surface area (Å²) in [6.45, 7) is 5.55. The number of nitrogens with zero attached hydrogens (tertiary/aromatic N) is 7. The van der Waals surface area contributed by atoms with Crippen LogP contribution in [-0.2, 0) is 16.1 Å². The minimum Gasteiger partial charge on any atom is -0.384 e.